The van der Waals surface area contributed by atoms with Crippen LogP contribution in [0.25, 0.3) is 0 Å². The van der Waals surface area contributed by atoms with E-state index >= 15 is 0 Å². The maximum atomic E-state index is 12.0. The highest BCUT2D eigenvalue weighted by Crippen LogP contribution is 2.45. The second kappa shape index (κ2) is 20.9. The van der Waals surface area contributed by atoms with Gasteiger partial charge in [0.1, 0.15) is 0 Å². The summed E-state index contributed by atoms with van der Waals surface area (Å²) in [6.07, 6.45) is 12.2. The van der Waals surface area contributed by atoms with Gasteiger partial charge in [-0.05, 0) is 119 Å². The molecule has 0 bridgehead atoms. The number of aliphatic hydroxyl groups excluding tert-OH is 1. The molecule has 2 rings (SSSR count). The van der Waals surface area contributed by atoms with Crippen LogP contribution in [0.5, 0.6) is 0 Å². The predicted octanol–water partition coefficient (Wildman–Crippen LogP) is 10.2. The van der Waals surface area contributed by atoms with E-state index in [9.17, 15) is 9.90 Å². The Morgan fingerprint density at radius 2 is 1.40 bits per heavy atom. The van der Waals surface area contributed by atoms with Crippen molar-refractivity contribution in [3.05, 3.63) is 48.0 Å². The number of hydrogen-bond donors (Lipinski definition) is 1. The van der Waals surface area contributed by atoms with E-state index in [-0.39, 0.29) is 30.4 Å². The van der Waals surface area contributed by atoms with E-state index in [4.69, 9.17) is 13.6 Å². The van der Waals surface area contributed by atoms with Crippen LogP contribution in [0.4, 0.5) is 0 Å². The molecule has 0 spiro atoms. The van der Waals surface area contributed by atoms with Crippen molar-refractivity contribution in [2.45, 2.75) is 174 Å². The molecule has 5 nitrogen and oxygen atoms in total. The minimum atomic E-state index is -1.82. The van der Waals surface area contributed by atoms with Crippen LogP contribution in [0.2, 0.25) is 36.3 Å². The molecular formula is C38H68O5Si2. The highest BCUT2D eigenvalue weighted by atomic mass is 28.4. The van der Waals surface area contributed by atoms with Crippen LogP contribution < -0.4 is 0 Å². The van der Waals surface area contributed by atoms with Crippen LogP contribution in [-0.4, -0.2) is 52.1 Å². The van der Waals surface area contributed by atoms with E-state index in [0.717, 1.165) is 87.6 Å². The van der Waals surface area contributed by atoms with Gasteiger partial charge in [-0.1, -0.05) is 84.0 Å². The smallest absolute Gasteiger partial charge is 0.306 e. The molecule has 0 heterocycles. The van der Waals surface area contributed by atoms with Gasteiger partial charge in [-0.3, -0.25) is 4.79 Å². The standard InChI is InChI=1S/C38H68O5Si2/c1-9-44(10-2,11-3)42-36-30-37(43-45(12-4,13-5)14-6)35(29-28-33(39)27-26-32-22-18-17-19-23-32)34(36)24-20-15-16-21-25-38(40)41-31(7)8/h15,17-20,22-23,31,33-37,39H,9-14,16,21,24-30H2,1-8H3/b20-15-/t33-,34+,35+,36?,37?/m0/s1. The molecule has 1 saturated carbocycles. The summed E-state index contributed by atoms with van der Waals surface area (Å²) >= 11 is 0. The van der Waals surface area contributed by atoms with Crippen LogP contribution in [0, 0.1) is 11.8 Å². The van der Waals surface area contributed by atoms with E-state index in [0.29, 0.717) is 18.3 Å². The number of allylic oxidation sites excluding steroid dienone is 2. The Hall–Kier alpha value is -1.26. The van der Waals surface area contributed by atoms with Crippen molar-refractivity contribution in [3.63, 3.8) is 0 Å². The molecule has 0 saturated heterocycles. The SMILES string of the molecule is CC[Si](CC)(CC)OC1CC(O[Si](CC)(CC)CC)[C@H](CC[C@@H](O)CCc2ccccc2)[C@H]1C/C=C\CCCC(=O)OC(C)C. The molecule has 1 aliphatic rings. The summed E-state index contributed by atoms with van der Waals surface area (Å²) in [6, 6.07) is 17.4. The summed E-state index contributed by atoms with van der Waals surface area (Å²) in [5.74, 6) is 0.650. The first-order valence-corrected chi connectivity index (χ1v) is 23.6. The molecule has 258 valence electrons. The third kappa shape index (κ3) is 13.0. The predicted molar refractivity (Wildman–Crippen MR) is 195 cm³/mol. The van der Waals surface area contributed by atoms with Gasteiger partial charge in [0.15, 0.2) is 16.6 Å². The van der Waals surface area contributed by atoms with Gasteiger partial charge in [-0.25, -0.2) is 0 Å². The molecule has 7 heteroatoms. The van der Waals surface area contributed by atoms with Crippen LogP contribution in [-0.2, 0) is 24.8 Å². The molecule has 0 amide bonds. The molecule has 0 radical (unpaired) electrons. The molecule has 1 aromatic carbocycles. The number of carbonyl (C=O) groups excluding carboxylic acids is 1. The minimum Gasteiger partial charge on any atom is -0.463 e. The minimum absolute atomic E-state index is 0.0590. The van der Waals surface area contributed by atoms with E-state index in [2.05, 4.69) is 78.0 Å². The van der Waals surface area contributed by atoms with Crippen molar-refractivity contribution in [1.82, 2.24) is 0 Å². The van der Waals surface area contributed by atoms with Crippen molar-refractivity contribution < 1.29 is 23.5 Å². The van der Waals surface area contributed by atoms with Gasteiger partial charge in [0.2, 0.25) is 0 Å². The van der Waals surface area contributed by atoms with Crippen molar-refractivity contribution in [3.8, 4) is 0 Å². The molecular weight excluding hydrogens is 593 g/mol. The van der Waals surface area contributed by atoms with Gasteiger partial charge >= 0.3 is 5.97 Å². The van der Waals surface area contributed by atoms with Crippen molar-refractivity contribution in [2.75, 3.05) is 0 Å². The van der Waals surface area contributed by atoms with Gasteiger partial charge in [-0.15, -0.1) is 0 Å². The third-order valence-corrected chi connectivity index (χ3v) is 20.1. The summed E-state index contributed by atoms with van der Waals surface area (Å²) in [6.45, 7) is 17.7. The largest absolute Gasteiger partial charge is 0.463 e. The fraction of sp³-hybridized carbons (Fsp3) is 0.763. The Bertz CT molecular complexity index is 944. The summed E-state index contributed by atoms with van der Waals surface area (Å²) in [5.41, 5.74) is 1.29. The lowest BCUT2D eigenvalue weighted by Gasteiger charge is -2.36. The number of benzene rings is 1. The Morgan fingerprint density at radius 1 is 0.844 bits per heavy atom. The number of ether oxygens (including phenoxy) is 1. The first-order chi connectivity index (χ1) is 21.6. The van der Waals surface area contributed by atoms with E-state index in [1.807, 2.05) is 19.9 Å². The zero-order chi connectivity index (χ0) is 33.3. The summed E-state index contributed by atoms with van der Waals surface area (Å²) < 4.78 is 19.9. The van der Waals surface area contributed by atoms with Gasteiger partial charge < -0.3 is 18.7 Å². The third-order valence-electron chi connectivity index (χ3n) is 10.8. The zero-order valence-corrected chi connectivity index (χ0v) is 32.2. The molecule has 2 unspecified atom stereocenters. The van der Waals surface area contributed by atoms with Crippen molar-refractivity contribution >= 4 is 22.6 Å². The lowest BCUT2D eigenvalue weighted by Crippen LogP contribution is -2.42. The lowest BCUT2D eigenvalue weighted by molar-refractivity contribution is -0.147. The number of hydrogen-bond acceptors (Lipinski definition) is 5. The molecule has 0 aromatic heterocycles. The van der Waals surface area contributed by atoms with Gasteiger partial charge in [0.05, 0.1) is 24.4 Å². The van der Waals surface area contributed by atoms with E-state index in [1.54, 1.807) is 0 Å². The van der Waals surface area contributed by atoms with Gasteiger partial charge in [0, 0.05) is 6.42 Å². The molecule has 1 fully saturated rings. The van der Waals surface area contributed by atoms with Crippen molar-refractivity contribution in [2.24, 2.45) is 11.8 Å². The summed E-state index contributed by atoms with van der Waals surface area (Å²) in [7, 11) is -3.64. The van der Waals surface area contributed by atoms with Crippen LogP contribution in [0.1, 0.15) is 112 Å². The normalized spacial score (nSPS) is 21.6. The average molecular weight is 661 g/mol. The van der Waals surface area contributed by atoms with E-state index in [1.165, 1.54) is 5.56 Å². The Labute approximate surface area is 279 Å². The number of aryl methyl sites for hydroxylation is 1. The fourth-order valence-corrected chi connectivity index (χ4v) is 13.2. The molecule has 45 heavy (non-hydrogen) atoms. The number of esters is 1. The molecule has 5 atom stereocenters. The van der Waals surface area contributed by atoms with Crippen LogP contribution in [0.15, 0.2) is 42.5 Å². The highest BCUT2D eigenvalue weighted by Gasteiger charge is 2.48. The lowest BCUT2D eigenvalue weighted by atomic mass is 9.85. The Kier molecular flexibility index (Phi) is 18.5. The molecule has 1 aromatic rings. The first-order valence-electron chi connectivity index (χ1n) is 18.5. The van der Waals surface area contributed by atoms with Gasteiger partial charge in [-0.2, -0.15) is 0 Å². The summed E-state index contributed by atoms with van der Waals surface area (Å²) in [4.78, 5) is 12.0. The van der Waals surface area contributed by atoms with Crippen molar-refractivity contribution in [1.29, 1.82) is 0 Å². The number of aliphatic hydroxyl groups is 1. The zero-order valence-electron chi connectivity index (χ0n) is 30.2. The quantitative estimate of drug-likeness (QED) is 0.0548. The maximum absolute atomic E-state index is 12.0. The summed E-state index contributed by atoms with van der Waals surface area (Å²) in [5, 5.41) is 11.1. The first kappa shape index (κ1) is 39.9. The monoisotopic (exact) mass is 660 g/mol. The van der Waals surface area contributed by atoms with E-state index < -0.39 is 16.6 Å². The number of unbranched alkanes of at least 4 members (excludes halogenated alkanes) is 1. The van der Waals surface area contributed by atoms with Gasteiger partial charge in [0.25, 0.3) is 0 Å². The molecule has 0 aliphatic heterocycles. The van der Waals surface area contributed by atoms with Crippen LogP contribution in [0.3, 0.4) is 0 Å². The Balaban J connectivity index is 2.25. The average Bonchev–Trinajstić information content (AvgIpc) is 3.36. The number of rotatable bonds is 23. The topological polar surface area (TPSA) is 65.0 Å². The second-order valence-electron chi connectivity index (χ2n) is 13.8. The number of carbonyl (C=O) groups is 1. The molecule has 1 aliphatic carbocycles. The van der Waals surface area contributed by atoms with Crippen LogP contribution >= 0.6 is 0 Å². The fourth-order valence-electron chi connectivity index (χ4n) is 7.33. The second-order valence-corrected chi connectivity index (χ2v) is 23.2. The maximum Gasteiger partial charge on any atom is 0.306 e. The molecule has 1 N–H and O–H groups in total. The highest BCUT2D eigenvalue weighted by molar-refractivity contribution is 6.74. The Morgan fingerprint density at radius 3 is 1.93 bits per heavy atom.